The zero-order valence-corrected chi connectivity index (χ0v) is 8.66. The molecule has 0 atom stereocenters. The normalized spacial score (nSPS) is 18.8. The summed E-state index contributed by atoms with van der Waals surface area (Å²) in [4.78, 5) is 4.07. The number of hydrogen-bond acceptors (Lipinski definition) is 3. The van der Waals surface area contributed by atoms with Crippen molar-refractivity contribution in [2.45, 2.75) is 5.92 Å². The van der Waals surface area contributed by atoms with Crippen molar-refractivity contribution in [2.24, 2.45) is 0 Å². The number of aromatic nitrogens is 1. The van der Waals surface area contributed by atoms with E-state index < -0.39 is 0 Å². The summed E-state index contributed by atoms with van der Waals surface area (Å²) in [5.41, 5.74) is 1.21. The van der Waals surface area contributed by atoms with Crippen molar-refractivity contribution in [2.75, 3.05) is 20.0 Å². The van der Waals surface area contributed by atoms with Gasteiger partial charge in [-0.2, -0.15) is 0 Å². The van der Waals surface area contributed by atoms with Gasteiger partial charge >= 0.3 is 0 Å². The summed E-state index contributed by atoms with van der Waals surface area (Å²) in [5.74, 6) is 0.341. The molecule has 0 aromatic carbocycles. The molecular formula is C9H10BrNO2. The minimum atomic E-state index is 0.341. The lowest BCUT2D eigenvalue weighted by atomic mass is 10.0. The number of pyridine rings is 1. The van der Waals surface area contributed by atoms with Gasteiger partial charge in [-0.1, -0.05) is 0 Å². The molecule has 0 amide bonds. The van der Waals surface area contributed by atoms with Crippen LogP contribution in [0, 0.1) is 0 Å². The van der Waals surface area contributed by atoms with Gasteiger partial charge in [0.25, 0.3) is 0 Å². The first kappa shape index (κ1) is 9.12. The molecule has 1 aliphatic rings. The van der Waals surface area contributed by atoms with E-state index in [0.717, 1.165) is 17.8 Å². The lowest BCUT2D eigenvalue weighted by Gasteiger charge is -2.22. The molecule has 4 heteroatoms. The number of hydrogen-bond donors (Lipinski definition) is 0. The first-order valence-corrected chi connectivity index (χ1v) is 4.92. The van der Waals surface area contributed by atoms with Crippen LogP contribution in [-0.2, 0) is 9.47 Å². The van der Waals surface area contributed by atoms with Crippen molar-refractivity contribution in [1.82, 2.24) is 4.98 Å². The molecule has 0 bridgehead atoms. The molecule has 3 nitrogen and oxygen atoms in total. The zero-order chi connectivity index (χ0) is 9.10. The van der Waals surface area contributed by atoms with Gasteiger partial charge in [0, 0.05) is 12.1 Å². The summed E-state index contributed by atoms with van der Waals surface area (Å²) >= 11 is 3.34. The van der Waals surface area contributed by atoms with Crippen LogP contribution in [-0.4, -0.2) is 25.0 Å². The first-order valence-electron chi connectivity index (χ1n) is 4.13. The number of rotatable bonds is 1. The molecule has 0 unspecified atom stereocenters. The Balaban J connectivity index is 2.14. The monoisotopic (exact) mass is 243 g/mol. The Morgan fingerprint density at radius 3 is 2.85 bits per heavy atom. The van der Waals surface area contributed by atoms with Crippen LogP contribution in [0.25, 0.3) is 0 Å². The smallest absolute Gasteiger partial charge is 0.146 e. The highest BCUT2D eigenvalue weighted by molar-refractivity contribution is 9.10. The third kappa shape index (κ3) is 2.27. The van der Waals surface area contributed by atoms with Gasteiger partial charge in [0.15, 0.2) is 0 Å². The van der Waals surface area contributed by atoms with Gasteiger partial charge in [-0.3, -0.25) is 0 Å². The fourth-order valence-electron chi connectivity index (χ4n) is 1.35. The van der Waals surface area contributed by atoms with E-state index >= 15 is 0 Å². The average molecular weight is 244 g/mol. The molecule has 0 aliphatic carbocycles. The van der Waals surface area contributed by atoms with E-state index in [-0.39, 0.29) is 0 Å². The van der Waals surface area contributed by atoms with Crippen LogP contribution in [0.3, 0.4) is 0 Å². The molecule has 13 heavy (non-hydrogen) atoms. The Labute approximate surface area is 85.2 Å². The van der Waals surface area contributed by atoms with Gasteiger partial charge in [0.2, 0.25) is 0 Å². The molecule has 0 saturated carbocycles. The summed E-state index contributed by atoms with van der Waals surface area (Å²) < 4.78 is 11.3. The van der Waals surface area contributed by atoms with Crippen molar-refractivity contribution in [1.29, 1.82) is 0 Å². The molecule has 0 spiro atoms. The minimum absolute atomic E-state index is 0.341. The number of ether oxygens (including phenoxy) is 2. The molecule has 1 aromatic heterocycles. The van der Waals surface area contributed by atoms with Gasteiger partial charge in [-0.25, -0.2) is 4.98 Å². The molecule has 1 aromatic rings. The van der Waals surface area contributed by atoms with Crippen LogP contribution in [0.4, 0.5) is 0 Å². The minimum Gasteiger partial charge on any atom is -0.355 e. The molecule has 1 fully saturated rings. The Bertz CT molecular complexity index is 287. The van der Waals surface area contributed by atoms with Crippen molar-refractivity contribution in [3.63, 3.8) is 0 Å². The fourth-order valence-corrected chi connectivity index (χ4v) is 1.73. The van der Waals surface area contributed by atoms with Gasteiger partial charge in [0.1, 0.15) is 11.4 Å². The molecule has 70 valence electrons. The first-order chi connectivity index (χ1) is 6.36. The predicted molar refractivity (Wildman–Crippen MR) is 51.4 cm³/mol. The van der Waals surface area contributed by atoms with E-state index in [1.165, 1.54) is 5.56 Å². The molecule has 2 heterocycles. The van der Waals surface area contributed by atoms with Crippen LogP contribution in [0.5, 0.6) is 0 Å². The highest BCUT2D eigenvalue weighted by atomic mass is 79.9. The Morgan fingerprint density at radius 2 is 2.15 bits per heavy atom. The SMILES string of the molecule is Brc1cc(C2COCOC2)ccn1. The Morgan fingerprint density at radius 1 is 1.38 bits per heavy atom. The lowest BCUT2D eigenvalue weighted by Crippen LogP contribution is -2.22. The fraction of sp³-hybridized carbons (Fsp3) is 0.444. The highest BCUT2D eigenvalue weighted by Crippen LogP contribution is 2.21. The standard InChI is InChI=1S/C9H10BrNO2/c10-9-3-7(1-2-11-9)8-4-12-6-13-5-8/h1-3,8H,4-6H2. The van der Waals surface area contributed by atoms with Crippen molar-refractivity contribution in [3.05, 3.63) is 28.5 Å². The van der Waals surface area contributed by atoms with Crippen LogP contribution in [0.2, 0.25) is 0 Å². The molecule has 0 radical (unpaired) electrons. The highest BCUT2D eigenvalue weighted by Gasteiger charge is 2.16. The third-order valence-corrected chi connectivity index (χ3v) is 2.46. The van der Waals surface area contributed by atoms with Gasteiger partial charge in [-0.05, 0) is 33.6 Å². The second kappa shape index (κ2) is 4.17. The summed E-state index contributed by atoms with van der Waals surface area (Å²) in [6.07, 6.45) is 1.79. The van der Waals surface area contributed by atoms with E-state index in [2.05, 4.69) is 20.9 Å². The van der Waals surface area contributed by atoms with E-state index in [4.69, 9.17) is 9.47 Å². The van der Waals surface area contributed by atoms with Gasteiger partial charge in [-0.15, -0.1) is 0 Å². The van der Waals surface area contributed by atoms with Crippen LogP contribution in [0.15, 0.2) is 22.9 Å². The van der Waals surface area contributed by atoms with E-state index in [1.54, 1.807) is 6.20 Å². The third-order valence-electron chi connectivity index (χ3n) is 2.03. The Kier molecular flexibility index (Phi) is 2.93. The second-order valence-electron chi connectivity index (χ2n) is 2.97. The summed E-state index contributed by atoms with van der Waals surface area (Å²) in [5, 5.41) is 0. The van der Waals surface area contributed by atoms with Crippen LogP contribution < -0.4 is 0 Å². The Hall–Kier alpha value is -0.450. The molecule has 1 saturated heterocycles. The maximum Gasteiger partial charge on any atom is 0.146 e. The van der Waals surface area contributed by atoms with E-state index in [1.807, 2.05) is 12.1 Å². The molecular weight excluding hydrogens is 234 g/mol. The maximum absolute atomic E-state index is 5.22. The van der Waals surface area contributed by atoms with Crippen molar-refractivity contribution < 1.29 is 9.47 Å². The van der Waals surface area contributed by atoms with Gasteiger partial charge in [0.05, 0.1) is 13.2 Å². The largest absolute Gasteiger partial charge is 0.355 e. The number of nitrogens with zero attached hydrogens (tertiary/aromatic N) is 1. The van der Waals surface area contributed by atoms with Gasteiger partial charge < -0.3 is 9.47 Å². The molecule has 0 N–H and O–H groups in total. The predicted octanol–water partition coefficient (Wildman–Crippen LogP) is 1.93. The molecule has 2 rings (SSSR count). The van der Waals surface area contributed by atoms with Crippen molar-refractivity contribution >= 4 is 15.9 Å². The average Bonchev–Trinajstić information content (AvgIpc) is 2.19. The summed E-state index contributed by atoms with van der Waals surface area (Å²) in [7, 11) is 0. The zero-order valence-electron chi connectivity index (χ0n) is 7.07. The topological polar surface area (TPSA) is 31.4 Å². The van der Waals surface area contributed by atoms with Crippen LogP contribution in [0.1, 0.15) is 11.5 Å². The second-order valence-corrected chi connectivity index (χ2v) is 3.78. The van der Waals surface area contributed by atoms with E-state index in [9.17, 15) is 0 Å². The molecule has 1 aliphatic heterocycles. The lowest BCUT2D eigenvalue weighted by molar-refractivity contribution is -0.108. The quantitative estimate of drug-likeness (QED) is 0.707. The van der Waals surface area contributed by atoms with Crippen molar-refractivity contribution in [3.8, 4) is 0 Å². The van der Waals surface area contributed by atoms with Crippen LogP contribution >= 0.6 is 15.9 Å². The van der Waals surface area contributed by atoms with E-state index in [0.29, 0.717) is 12.7 Å². The maximum atomic E-state index is 5.22. The summed E-state index contributed by atoms with van der Waals surface area (Å²) in [6.45, 7) is 1.88. The number of halogens is 1. The summed E-state index contributed by atoms with van der Waals surface area (Å²) in [6, 6.07) is 4.00.